The fraction of sp³-hybridized carbons (Fsp3) is 0.917. The molecule has 0 aromatic rings. The van der Waals surface area contributed by atoms with Crippen LogP contribution in [0.1, 0.15) is 71.1 Å². The fourth-order valence-electron chi connectivity index (χ4n) is 1.54. The molecule has 0 atom stereocenters. The Labute approximate surface area is 111 Å². The maximum atomic E-state index is 10.0. The molecule has 0 aliphatic rings. The van der Waals surface area contributed by atoms with E-state index < -0.39 is 0 Å². The second kappa shape index (κ2) is 16.1. The molecule has 0 bridgehead atoms. The molecule has 0 spiro atoms. The molecule has 1 nitrogen and oxygen atoms in total. The van der Waals surface area contributed by atoms with E-state index in [0.717, 1.165) is 19.1 Å². The molecule has 14 heavy (non-hydrogen) atoms. The first kappa shape index (κ1) is 17.1. The minimum atomic E-state index is 0. The van der Waals surface area contributed by atoms with Gasteiger partial charge in [-0.05, 0) is 6.42 Å². The van der Waals surface area contributed by atoms with Crippen molar-refractivity contribution in [2.45, 2.75) is 71.1 Å². The van der Waals surface area contributed by atoms with Crippen molar-refractivity contribution in [3.8, 4) is 0 Å². The fourth-order valence-corrected chi connectivity index (χ4v) is 1.54. The predicted octanol–water partition coefficient (Wildman–Crippen LogP) is 3.73. The van der Waals surface area contributed by atoms with Gasteiger partial charge in [0.2, 0.25) is 0 Å². The molecular formula is C12H24NaO. The molecular weight excluding hydrogens is 183 g/mol. The van der Waals surface area contributed by atoms with Gasteiger partial charge in [-0.1, -0.05) is 58.3 Å². The van der Waals surface area contributed by atoms with Gasteiger partial charge < -0.3 is 4.79 Å². The standard InChI is InChI=1S/C12H24O.Na/c1-2-3-4-5-6-7-8-9-10-11-12-13;/h12H,2-11H2,1H3;. The van der Waals surface area contributed by atoms with Crippen molar-refractivity contribution in [1.82, 2.24) is 0 Å². The molecule has 0 N–H and O–H groups in total. The van der Waals surface area contributed by atoms with Crippen LogP contribution in [-0.4, -0.2) is 35.8 Å². The first-order chi connectivity index (χ1) is 6.41. The van der Waals surface area contributed by atoms with E-state index in [1.54, 1.807) is 0 Å². The number of unbranched alkanes of at least 4 members (excludes halogenated alkanes) is 9. The summed E-state index contributed by atoms with van der Waals surface area (Å²) in [5.41, 5.74) is 0. The van der Waals surface area contributed by atoms with E-state index in [9.17, 15) is 4.79 Å². The monoisotopic (exact) mass is 207 g/mol. The third kappa shape index (κ3) is 15.2. The zero-order valence-corrected chi connectivity index (χ0v) is 12.1. The summed E-state index contributed by atoms with van der Waals surface area (Å²) in [4.78, 5) is 10.0. The van der Waals surface area contributed by atoms with Crippen LogP contribution in [-0.2, 0) is 4.79 Å². The summed E-state index contributed by atoms with van der Waals surface area (Å²) in [6, 6.07) is 0. The Hall–Kier alpha value is 0.670. The molecule has 2 heteroatoms. The molecule has 0 amide bonds. The normalized spacial score (nSPS) is 9.50. The molecule has 0 unspecified atom stereocenters. The third-order valence-electron chi connectivity index (χ3n) is 2.43. The van der Waals surface area contributed by atoms with Crippen molar-refractivity contribution in [2.75, 3.05) is 0 Å². The zero-order valence-electron chi connectivity index (χ0n) is 10.1. The number of hydrogen-bond acceptors (Lipinski definition) is 1. The van der Waals surface area contributed by atoms with Gasteiger partial charge in [0.25, 0.3) is 0 Å². The molecule has 0 fully saturated rings. The van der Waals surface area contributed by atoms with Crippen molar-refractivity contribution in [2.24, 2.45) is 0 Å². The van der Waals surface area contributed by atoms with Gasteiger partial charge >= 0.3 is 0 Å². The van der Waals surface area contributed by atoms with Gasteiger partial charge in [-0.15, -0.1) is 0 Å². The van der Waals surface area contributed by atoms with Crippen LogP contribution in [0.2, 0.25) is 0 Å². The first-order valence-corrected chi connectivity index (χ1v) is 5.85. The van der Waals surface area contributed by atoms with Crippen LogP contribution in [0.5, 0.6) is 0 Å². The summed E-state index contributed by atoms with van der Waals surface area (Å²) in [5, 5.41) is 0. The van der Waals surface area contributed by atoms with E-state index >= 15 is 0 Å². The Kier molecular flexibility index (Phi) is 19.7. The summed E-state index contributed by atoms with van der Waals surface area (Å²) >= 11 is 0. The van der Waals surface area contributed by atoms with E-state index in [1.807, 2.05) is 0 Å². The summed E-state index contributed by atoms with van der Waals surface area (Å²) < 4.78 is 0. The summed E-state index contributed by atoms with van der Waals surface area (Å²) in [6.07, 6.45) is 13.7. The van der Waals surface area contributed by atoms with Gasteiger partial charge in [0.1, 0.15) is 6.29 Å². The molecule has 0 aliphatic heterocycles. The number of carbonyl (C=O) groups excluding carboxylic acids is 1. The second-order valence-corrected chi connectivity index (χ2v) is 3.78. The summed E-state index contributed by atoms with van der Waals surface area (Å²) in [5.74, 6) is 0. The topological polar surface area (TPSA) is 17.1 Å². The Bertz CT molecular complexity index is 104. The van der Waals surface area contributed by atoms with Crippen molar-refractivity contribution in [3.05, 3.63) is 0 Å². The Balaban J connectivity index is 0. The van der Waals surface area contributed by atoms with Crippen LogP contribution in [0.4, 0.5) is 0 Å². The third-order valence-corrected chi connectivity index (χ3v) is 2.43. The van der Waals surface area contributed by atoms with Gasteiger partial charge in [0.05, 0.1) is 0 Å². The van der Waals surface area contributed by atoms with Crippen LogP contribution in [0.3, 0.4) is 0 Å². The van der Waals surface area contributed by atoms with Crippen LogP contribution >= 0.6 is 0 Å². The first-order valence-electron chi connectivity index (χ1n) is 5.85. The molecule has 79 valence electrons. The second-order valence-electron chi connectivity index (χ2n) is 3.78. The smallest absolute Gasteiger partial charge is 0.119 e. The Morgan fingerprint density at radius 2 is 1.21 bits per heavy atom. The van der Waals surface area contributed by atoms with Gasteiger partial charge in [0.15, 0.2) is 0 Å². The molecule has 0 saturated carbocycles. The summed E-state index contributed by atoms with van der Waals surface area (Å²) in [7, 11) is 0. The maximum absolute atomic E-state index is 10.0. The maximum Gasteiger partial charge on any atom is 0.119 e. The largest absolute Gasteiger partial charge is 0.303 e. The predicted molar refractivity (Wildman–Crippen MR) is 63.7 cm³/mol. The van der Waals surface area contributed by atoms with Crippen molar-refractivity contribution < 1.29 is 4.79 Å². The zero-order chi connectivity index (χ0) is 9.78. The van der Waals surface area contributed by atoms with E-state index in [1.165, 1.54) is 51.4 Å². The van der Waals surface area contributed by atoms with E-state index in [2.05, 4.69) is 6.92 Å². The molecule has 0 aromatic carbocycles. The summed E-state index contributed by atoms with van der Waals surface area (Å²) in [6.45, 7) is 2.25. The molecule has 0 heterocycles. The van der Waals surface area contributed by atoms with Crippen LogP contribution in [0.15, 0.2) is 0 Å². The number of aldehydes is 1. The molecule has 0 aliphatic carbocycles. The van der Waals surface area contributed by atoms with Crippen molar-refractivity contribution >= 4 is 35.8 Å². The van der Waals surface area contributed by atoms with E-state index in [-0.39, 0.29) is 29.6 Å². The van der Waals surface area contributed by atoms with E-state index in [4.69, 9.17) is 0 Å². The van der Waals surface area contributed by atoms with Gasteiger partial charge in [-0.3, -0.25) is 0 Å². The average molecular weight is 207 g/mol. The van der Waals surface area contributed by atoms with Crippen LogP contribution in [0, 0.1) is 0 Å². The number of carbonyl (C=O) groups is 1. The number of hydrogen-bond donors (Lipinski definition) is 0. The molecule has 1 radical (unpaired) electrons. The SMILES string of the molecule is CCCCCCCCCCCC=O.[Na]. The minimum Gasteiger partial charge on any atom is -0.303 e. The Morgan fingerprint density at radius 1 is 0.786 bits per heavy atom. The number of rotatable bonds is 10. The van der Waals surface area contributed by atoms with Gasteiger partial charge in [0, 0.05) is 36.0 Å². The van der Waals surface area contributed by atoms with Crippen LogP contribution in [0.25, 0.3) is 0 Å². The van der Waals surface area contributed by atoms with Gasteiger partial charge in [-0.25, -0.2) is 0 Å². The average Bonchev–Trinajstić information content (AvgIpc) is 2.16. The van der Waals surface area contributed by atoms with Crippen molar-refractivity contribution in [1.29, 1.82) is 0 Å². The van der Waals surface area contributed by atoms with Crippen molar-refractivity contribution in [3.63, 3.8) is 0 Å². The molecule has 0 aromatic heterocycles. The Morgan fingerprint density at radius 3 is 1.64 bits per heavy atom. The quantitative estimate of drug-likeness (QED) is 0.303. The van der Waals surface area contributed by atoms with Gasteiger partial charge in [-0.2, -0.15) is 0 Å². The van der Waals surface area contributed by atoms with E-state index in [0.29, 0.717) is 0 Å². The molecule has 0 rings (SSSR count). The van der Waals surface area contributed by atoms with Crippen LogP contribution < -0.4 is 0 Å². The minimum absolute atomic E-state index is 0. The molecule has 0 saturated heterocycles.